The molecule has 0 aromatic rings. The number of hydrogen-bond donors (Lipinski definition) is 0. The molecule has 0 amide bonds. The fourth-order valence-corrected chi connectivity index (χ4v) is 3.24. The van der Waals surface area contributed by atoms with Crippen LogP contribution in [0.15, 0.2) is 11.8 Å². The second-order valence-corrected chi connectivity index (χ2v) is 5.35. The van der Waals surface area contributed by atoms with Gasteiger partial charge in [-0.3, -0.25) is 0 Å². The van der Waals surface area contributed by atoms with E-state index in [1.807, 2.05) is 0 Å². The molecule has 1 atom stereocenters. The van der Waals surface area contributed by atoms with Crippen molar-refractivity contribution in [3.8, 4) is 0 Å². The third-order valence-corrected chi connectivity index (χ3v) is 4.44. The van der Waals surface area contributed by atoms with Gasteiger partial charge < -0.3 is 4.43 Å². The van der Waals surface area contributed by atoms with Crippen LogP contribution in [0, 0.1) is 0 Å². The van der Waals surface area contributed by atoms with E-state index in [1.165, 1.54) is 6.42 Å². The first-order valence-electron chi connectivity index (χ1n) is 3.70. The molecule has 58 valence electrons. The SMILES string of the molecule is C=C(CF)[SiH]1CCCCO1. The molecule has 1 fully saturated rings. The summed E-state index contributed by atoms with van der Waals surface area (Å²) in [5.41, 5.74) is 0. The van der Waals surface area contributed by atoms with Crippen LogP contribution in [0.1, 0.15) is 12.8 Å². The van der Waals surface area contributed by atoms with Gasteiger partial charge in [-0.05, 0) is 17.7 Å². The molecule has 0 aromatic heterocycles. The van der Waals surface area contributed by atoms with Crippen molar-refractivity contribution in [3.05, 3.63) is 11.8 Å². The van der Waals surface area contributed by atoms with E-state index in [9.17, 15) is 4.39 Å². The van der Waals surface area contributed by atoms with E-state index in [-0.39, 0.29) is 6.67 Å². The smallest absolute Gasteiger partial charge is 0.206 e. The van der Waals surface area contributed by atoms with Crippen LogP contribution in [0.2, 0.25) is 6.04 Å². The molecule has 1 aliphatic rings. The summed E-state index contributed by atoms with van der Waals surface area (Å²) in [5, 5.41) is 0.736. The molecule has 1 aliphatic heterocycles. The molecule has 0 saturated carbocycles. The summed E-state index contributed by atoms with van der Waals surface area (Å²) in [6.07, 6.45) is 2.35. The normalized spacial score (nSPS) is 26.3. The number of alkyl halides is 1. The molecule has 0 spiro atoms. The molecular formula is C7H13FOSi. The summed E-state index contributed by atoms with van der Waals surface area (Å²) in [7, 11) is -1.29. The van der Waals surface area contributed by atoms with E-state index < -0.39 is 9.04 Å². The lowest BCUT2D eigenvalue weighted by Gasteiger charge is -2.21. The zero-order valence-corrected chi connectivity index (χ0v) is 7.26. The first-order valence-corrected chi connectivity index (χ1v) is 5.56. The zero-order chi connectivity index (χ0) is 7.40. The fourth-order valence-electron chi connectivity index (χ4n) is 1.15. The lowest BCUT2D eigenvalue weighted by Crippen LogP contribution is -2.26. The van der Waals surface area contributed by atoms with E-state index in [4.69, 9.17) is 4.43 Å². The van der Waals surface area contributed by atoms with Crippen molar-refractivity contribution >= 4 is 9.04 Å². The Hall–Kier alpha value is -0.153. The largest absolute Gasteiger partial charge is 0.416 e. The predicted molar refractivity (Wildman–Crippen MR) is 42.3 cm³/mol. The molecule has 0 radical (unpaired) electrons. The van der Waals surface area contributed by atoms with Gasteiger partial charge in [0.2, 0.25) is 9.04 Å². The monoisotopic (exact) mass is 160 g/mol. The van der Waals surface area contributed by atoms with Gasteiger partial charge in [0.1, 0.15) is 6.67 Å². The van der Waals surface area contributed by atoms with Gasteiger partial charge in [-0.25, -0.2) is 4.39 Å². The summed E-state index contributed by atoms with van der Waals surface area (Å²) in [6.45, 7) is 4.11. The van der Waals surface area contributed by atoms with Crippen molar-refractivity contribution < 1.29 is 8.82 Å². The standard InChI is InChI=1S/C7H13FOSi/c1-7(6-8)10-5-3-2-4-9-10/h10H,1-6H2. The van der Waals surface area contributed by atoms with E-state index in [1.54, 1.807) is 0 Å². The second-order valence-electron chi connectivity index (χ2n) is 2.65. The van der Waals surface area contributed by atoms with E-state index in [0.29, 0.717) is 0 Å². The van der Waals surface area contributed by atoms with Gasteiger partial charge in [0.05, 0.1) is 0 Å². The molecule has 3 heteroatoms. The Morgan fingerprint density at radius 3 is 2.90 bits per heavy atom. The molecule has 1 saturated heterocycles. The van der Waals surface area contributed by atoms with Crippen LogP contribution in [-0.4, -0.2) is 22.3 Å². The zero-order valence-electron chi connectivity index (χ0n) is 6.11. The van der Waals surface area contributed by atoms with E-state index in [0.717, 1.165) is 24.3 Å². The number of rotatable bonds is 2. The molecule has 1 unspecified atom stereocenters. The summed E-state index contributed by atoms with van der Waals surface area (Å²) in [6, 6.07) is 1.09. The van der Waals surface area contributed by atoms with Gasteiger partial charge in [-0.2, -0.15) is 0 Å². The Morgan fingerprint density at radius 1 is 1.60 bits per heavy atom. The van der Waals surface area contributed by atoms with Crippen molar-refractivity contribution in [3.63, 3.8) is 0 Å². The van der Waals surface area contributed by atoms with Crippen LogP contribution in [0.25, 0.3) is 0 Å². The van der Waals surface area contributed by atoms with Crippen molar-refractivity contribution in [2.75, 3.05) is 13.3 Å². The van der Waals surface area contributed by atoms with Crippen molar-refractivity contribution in [1.29, 1.82) is 0 Å². The highest BCUT2D eigenvalue weighted by atomic mass is 28.3. The van der Waals surface area contributed by atoms with Crippen LogP contribution in [0.4, 0.5) is 4.39 Å². The Labute approximate surface area is 62.6 Å². The summed E-state index contributed by atoms with van der Waals surface area (Å²) in [4.78, 5) is 0. The van der Waals surface area contributed by atoms with Crippen molar-refractivity contribution in [2.45, 2.75) is 18.9 Å². The highest BCUT2D eigenvalue weighted by molar-refractivity contribution is 6.60. The molecule has 0 bridgehead atoms. The maximum absolute atomic E-state index is 12.0. The average molecular weight is 160 g/mol. The molecule has 0 aromatic carbocycles. The third-order valence-electron chi connectivity index (χ3n) is 1.81. The highest BCUT2D eigenvalue weighted by Crippen LogP contribution is 2.15. The molecule has 10 heavy (non-hydrogen) atoms. The second kappa shape index (κ2) is 3.88. The van der Waals surface area contributed by atoms with Crippen molar-refractivity contribution in [1.82, 2.24) is 0 Å². The summed E-state index contributed by atoms with van der Waals surface area (Å²) >= 11 is 0. The Bertz CT molecular complexity index is 121. The fraction of sp³-hybridized carbons (Fsp3) is 0.714. The maximum atomic E-state index is 12.0. The first-order chi connectivity index (χ1) is 4.84. The first kappa shape index (κ1) is 7.95. The van der Waals surface area contributed by atoms with Crippen LogP contribution in [0.5, 0.6) is 0 Å². The Balaban J connectivity index is 2.31. The van der Waals surface area contributed by atoms with Crippen LogP contribution >= 0.6 is 0 Å². The van der Waals surface area contributed by atoms with Crippen LogP contribution in [-0.2, 0) is 4.43 Å². The van der Waals surface area contributed by atoms with Gasteiger partial charge >= 0.3 is 0 Å². The van der Waals surface area contributed by atoms with Gasteiger partial charge in [0.15, 0.2) is 0 Å². The minimum Gasteiger partial charge on any atom is -0.416 e. The lowest BCUT2D eigenvalue weighted by molar-refractivity contribution is 0.290. The minimum absolute atomic E-state index is 0.378. The summed E-state index contributed by atoms with van der Waals surface area (Å²) in [5.74, 6) is 0. The quantitative estimate of drug-likeness (QED) is 0.557. The molecule has 1 nitrogen and oxygen atoms in total. The van der Waals surface area contributed by atoms with Gasteiger partial charge in [-0.15, -0.1) is 0 Å². The number of halogens is 1. The average Bonchev–Trinajstić information content (AvgIpc) is 2.05. The third kappa shape index (κ3) is 1.92. The molecular weight excluding hydrogens is 147 g/mol. The Morgan fingerprint density at radius 2 is 2.40 bits per heavy atom. The topological polar surface area (TPSA) is 9.23 Å². The molecule has 0 aliphatic carbocycles. The molecule has 1 heterocycles. The van der Waals surface area contributed by atoms with Gasteiger partial charge in [0, 0.05) is 6.61 Å². The number of allylic oxidation sites excluding steroid dienone is 1. The van der Waals surface area contributed by atoms with Gasteiger partial charge in [0.25, 0.3) is 0 Å². The Kier molecular flexibility index (Phi) is 3.09. The predicted octanol–water partition coefficient (Wildman–Crippen LogP) is 1.59. The minimum atomic E-state index is -1.29. The molecule has 1 rings (SSSR count). The molecule has 0 N–H and O–H groups in total. The van der Waals surface area contributed by atoms with E-state index in [2.05, 4.69) is 6.58 Å². The highest BCUT2D eigenvalue weighted by Gasteiger charge is 2.18. The van der Waals surface area contributed by atoms with Crippen LogP contribution < -0.4 is 0 Å². The maximum Gasteiger partial charge on any atom is 0.206 e. The number of hydrogen-bond acceptors (Lipinski definition) is 1. The van der Waals surface area contributed by atoms with Crippen molar-refractivity contribution in [2.24, 2.45) is 0 Å². The summed E-state index contributed by atoms with van der Waals surface area (Å²) < 4.78 is 17.5. The van der Waals surface area contributed by atoms with Gasteiger partial charge in [-0.1, -0.05) is 13.0 Å². The van der Waals surface area contributed by atoms with Crippen LogP contribution in [0.3, 0.4) is 0 Å². The lowest BCUT2D eigenvalue weighted by atomic mass is 10.4. The van der Waals surface area contributed by atoms with E-state index >= 15 is 0 Å².